The molecule has 1 fully saturated rings. The molecule has 5 rings (SSSR count). The molecule has 0 saturated heterocycles. The Hall–Kier alpha value is -2.98. The molecule has 134 valence electrons. The van der Waals surface area contributed by atoms with Crippen molar-refractivity contribution < 1.29 is 0 Å². The molecular formula is C23H22N4. The zero-order valence-electron chi connectivity index (χ0n) is 15.4. The van der Waals surface area contributed by atoms with Crippen molar-refractivity contribution in [2.24, 2.45) is 5.73 Å². The Morgan fingerprint density at radius 3 is 2.37 bits per heavy atom. The Morgan fingerprint density at radius 1 is 0.963 bits per heavy atom. The number of imidazole rings is 1. The Kier molecular flexibility index (Phi) is 3.62. The number of hydrogen-bond acceptors (Lipinski definition) is 3. The standard InChI is InChI=1S/C23H22N4/c1-16-15-25-21-14-20(17-6-3-2-4-7-17)22(26-27(16)21)18-8-10-19(11-9-18)23(24)12-5-13-23/h2-4,6-11,14-15H,5,12-13,24H2,1H3. The first-order valence-corrected chi connectivity index (χ1v) is 9.45. The minimum absolute atomic E-state index is 0.140. The van der Waals surface area contributed by atoms with Crippen molar-refractivity contribution in [2.45, 2.75) is 31.7 Å². The number of benzene rings is 2. The molecule has 0 amide bonds. The molecule has 0 atom stereocenters. The quantitative estimate of drug-likeness (QED) is 0.580. The zero-order chi connectivity index (χ0) is 18.4. The minimum atomic E-state index is -0.140. The van der Waals surface area contributed by atoms with Crippen molar-refractivity contribution in [3.8, 4) is 22.4 Å². The van der Waals surface area contributed by atoms with E-state index in [2.05, 4.69) is 59.6 Å². The fourth-order valence-electron chi connectivity index (χ4n) is 3.89. The highest BCUT2D eigenvalue weighted by molar-refractivity contribution is 5.82. The third kappa shape index (κ3) is 2.64. The van der Waals surface area contributed by atoms with E-state index in [9.17, 15) is 0 Å². The van der Waals surface area contributed by atoms with Gasteiger partial charge in [-0.15, -0.1) is 0 Å². The van der Waals surface area contributed by atoms with Gasteiger partial charge >= 0.3 is 0 Å². The average molecular weight is 354 g/mol. The van der Waals surface area contributed by atoms with Crippen LogP contribution in [0.15, 0.2) is 66.9 Å². The smallest absolute Gasteiger partial charge is 0.154 e. The number of nitrogens with zero attached hydrogens (tertiary/aromatic N) is 3. The molecule has 27 heavy (non-hydrogen) atoms. The summed E-state index contributed by atoms with van der Waals surface area (Å²) < 4.78 is 1.91. The lowest BCUT2D eigenvalue weighted by Crippen LogP contribution is -2.43. The molecule has 0 bridgehead atoms. The summed E-state index contributed by atoms with van der Waals surface area (Å²) in [4.78, 5) is 4.49. The van der Waals surface area contributed by atoms with Crippen LogP contribution in [-0.2, 0) is 5.54 Å². The van der Waals surface area contributed by atoms with E-state index in [1.54, 1.807) is 0 Å². The Bertz CT molecular complexity index is 1110. The maximum atomic E-state index is 6.49. The van der Waals surface area contributed by atoms with Gasteiger partial charge in [-0.05, 0) is 43.4 Å². The predicted octanol–water partition coefficient (Wildman–Crippen LogP) is 4.71. The lowest BCUT2D eigenvalue weighted by atomic mass is 9.72. The topological polar surface area (TPSA) is 56.2 Å². The second-order valence-electron chi connectivity index (χ2n) is 7.53. The van der Waals surface area contributed by atoms with Crippen LogP contribution in [0, 0.1) is 6.92 Å². The van der Waals surface area contributed by atoms with Crippen LogP contribution in [-0.4, -0.2) is 14.6 Å². The first-order chi connectivity index (χ1) is 13.1. The maximum absolute atomic E-state index is 6.49. The van der Waals surface area contributed by atoms with E-state index in [0.717, 1.165) is 46.6 Å². The summed E-state index contributed by atoms with van der Waals surface area (Å²) in [5.74, 6) is 0. The fraction of sp³-hybridized carbons (Fsp3) is 0.217. The highest BCUT2D eigenvalue weighted by Crippen LogP contribution is 2.39. The molecule has 4 nitrogen and oxygen atoms in total. The number of aromatic nitrogens is 3. The minimum Gasteiger partial charge on any atom is -0.321 e. The number of nitrogens with two attached hydrogens (primary N) is 1. The van der Waals surface area contributed by atoms with Crippen LogP contribution in [0.25, 0.3) is 28.0 Å². The summed E-state index contributed by atoms with van der Waals surface area (Å²) >= 11 is 0. The van der Waals surface area contributed by atoms with Crippen molar-refractivity contribution in [1.82, 2.24) is 14.6 Å². The molecule has 1 aliphatic rings. The molecule has 1 saturated carbocycles. The van der Waals surface area contributed by atoms with Crippen LogP contribution >= 0.6 is 0 Å². The number of rotatable bonds is 3. The molecule has 2 heterocycles. The van der Waals surface area contributed by atoms with Crippen LogP contribution in [0.5, 0.6) is 0 Å². The molecule has 2 aromatic carbocycles. The molecule has 0 aliphatic heterocycles. The SMILES string of the molecule is Cc1cnc2cc(-c3ccccc3)c(-c3ccc(C4(N)CCC4)cc3)nn12. The van der Waals surface area contributed by atoms with E-state index in [1.807, 2.05) is 23.7 Å². The monoisotopic (exact) mass is 354 g/mol. The van der Waals surface area contributed by atoms with Crippen molar-refractivity contribution >= 4 is 5.65 Å². The van der Waals surface area contributed by atoms with Gasteiger partial charge in [-0.1, -0.05) is 54.6 Å². The van der Waals surface area contributed by atoms with E-state index < -0.39 is 0 Å². The lowest BCUT2D eigenvalue weighted by Gasteiger charge is -2.38. The summed E-state index contributed by atoms with van der Waals surface area (Å²) in [7, 11) is 0. The van der Waals surface area contributed by atoms with Crippen LogP contribution < -0.4 is 5.73 Å². The molecule has 0 spiro atoms. The molecule has 2 aromatic heterocycles. The van der Waals surface area contributed by atoms with Crippen LogP contribution in [0.2, 0.25) is 0 Å². The van der Waals surface area contributed by atoms with Crippen molar-refractivity contribution in [3.05, 3.63) is 78.1 Å². The third-order valence-corrected chi connectivity index (χ3v) is 5.73. The van der Waals surface area contributed by atoms with Gasteiger partial charge in [0.05, 0.1) is 17.6 Å². The Labute approximate surface area is 158 Å². The molecule has 4 heteroatoms. The van der Waals surface area contributed by atoms with Gasteiger partial charge in [0, 0.05) is 16.7 Å². The van der Waals surface area contributed by atoms with Gasteiger partial charge in [0.25, 0.3) is 0 Å². The number of aryl methyl sites for hydroxylation is 1. The molecule has 1 aliphatic carbocycles. The van der Waals surface area contributed by atoms with E-state index in [4.69, 9.17) is 10.8 Å². The highest BCUT2D eigenvalue weighted by Gasteiger charge is 2.34. The Morgan fingerprint density at radius 2 is 1.70 bits per heavy atom. The second-order valence-corrected chi connectivity index (χ2v) is 7.53. The van der Waals surface area contributed by atoms with Crippen molar-refractivity contribution in [1.29, 1.82) is 0 Å². The van der Waals surface area contributed by atoms with Crippen molar-refractivity contribution in [3.63, 3.8) is 0 Å². The maximum Gasteiger partial charge on any atom is 0.154 e. The Balaban J connectivity index is 1.68. The van der Waals surface area contributed by atoms with Gasteiger partial charge in [0.15, 0.2) is 5.65 Å². The van der Waals surface area contributed by atoms with Gasteiger partial charge in [0.2, 0.25) is 0 Å². The van der Waals surface area contributed by atoms with Gasteiger partial charge in [-0.25, -0.2) is 9.50 Å². The normalized spacial score (nSPS) is 15.6. The number of hydrogen-bond donors (Lipinski definition) is 1. The van der Waals surface area contributed by atoms with Crippen LogP contribution in [0.1, 0.15) is 30.5 Å². The second kappa shape index (κ2) is 6.03. The summed E-state index contributed by atoms with van der Waals surface area (Å²) in [6.07, 6.45) is 5.22. The van der Waals surface area contributed by atoms with Crippen molar-refractivity contribution in [2.75, 3.05) is 0 Å². The van der Waals surface area contributed by atoms with Crippen LogP contribution in [0.4, 0.5) is 0 Å². The lowest BCUT2D eigenvalue weighted by molar-refractivity contribution is 0.253. The summed E-state index contributed by atoms with van der Waals surface area (Å²) in [5.41, 5.74) is 13.7. The van der Waals surface area contributed by atoms with E-state index in [0.29, 0.717) is 0 Å². The predicted molar refractivity (Wildman–Crippen MR) is 108 cm³/mol. The summed E-state index contributed by atoms with van der Waals surface area (Å²) in [6, 6.07) is 21.1. The van der Waals surface area contributed by atoms with E-state index in [1.165, 1.54) is 12.0 Å². The van der Waals surface area contributed by atoms with E-state index in [-0.39, 0.29) is 5.54 Å². The largest absolute Gasteiger partial charge is 0.321 e. The zero-order valence-corrected chi connectivity index (χ0v) is 15.4. The first kappa shape index (κ1) is 16.2. The highest BCUT2D eigenvalue weighted by atomic mass is 15.3. The molecular weight excluding hydrogens is 332 g/mol. The van der Waals surface area contributed by atoms with Gasteiger partial charge in [-0.2, -0.15) is 5.10 Å². The van der Waals surface area contributed by atoms with Crippen LogP contribution in [0.3, 0.4) is 0 Å². The molecule has 2 N–H and O–H groups in total. The number of fused-ring (bicyclic) bond motifs is 1. The van der Waals surface area contributed by atoms with Gasteiger partial charge in [0.1, 0.15) is 0 Å². The van der Waals surface area contributed by atoms with E-state index >= 15 is 0 Å². The molecule has 4 aromatic rings. The average Bonchev–Trinajstić information content (AvgIpc) is 3.06. The summed E-state index contributed by atoms with van der Waals surface area (Å²) in [5, 5.41) is 4.93. The third-order valence-electron chi connectivity index (χ3n) is 5.73. The molecule has 0 unspecified atom stereocenters. The van der Waals surface area contributed by atoms with Gasteiger partial charge in [-0.3, -0.25) is 0 Å². The fourth-order valence-corrected chi connectivity index (χ4v) is 3.89. The summed E-state index contributed by atoms with van der Waals surface area (Å²) in [6.45, 7) is 2.02. The molecule has 0 radical (unpaired) electrons. The first-order valence-electron chi connectivity index (χ1n) is 9.45. The van der Waals surface area contributed by atoms with Gasteiger partial charge < -0.3 is 5.73 Å².